The maximum Gasteiger partial charge on any atom is 0.147 e. The second kappa shape index (κ2) is 5.50. The molecule has 0 aromatic carbocycles. The summed E-state index contributed by atoms with van der Waals surface area (Å²) in [6, 6.07) is 0. The van der Waals surface area contributed by atoms with Gasteiger partial charge < -0.3 is 0 Å². The lowest BCUT2D eigenvalue weighted by molar-refractivity contribution is 0.365. The Labute approximate surface area is 95.5 Å². The molecule has 1 fully saturated rings. The largest absolute Gasteiger partial charge is 0.229 e. The Bertz CT molecular complexity index is 255. The van der Waals surface area contributed by atoms with Crippen molar-refractivity contribution < 1.29 is 8.42 Å². The van der Waals surface area contributed by atoms with Crippen LogP contribution in [0.4, 0.5) is 0 Å². The summed E-state index contributed by atoms with van der Waals surface area (Å²) in [6.45, 7) is 0. The van der Waals surface area contributed by atoms with Crippen LogP contribution in [0.15, 0.2) is 0 Å². The van der Waals surface area contributed by atoms with Crippen LogP contribution in [-0.2, 0) is 9.84 Å². The monoisotopic (exact) mass is 282 g/mol. The molecule has 0 saturated heterocycles. The highest BCUT2D eigenvalue weighted by atomic mass is 79.9. The van der Waals surface area contributed by atoms with Gasteiger partial charge in [0.05, 0.1) is 5.75 Å². The maximum absolute atomic E-state index is 11.1. The van der Waals surface area contributed by atoms with Gasteiger partial charge in [-0.2, -0.15) is 0 Å². The van der Waals surface area contributed by atoms with Crippen LogP contribution in [0.2, 0.25) is 0 Å². The van der Waals surface area contributed by atoms with Gasteiger partial charge in [0.25, 0.3) is 0 Å². The number of halogens is 1. The first-order valence-electron chi connectivity index (χ1n) is 5.26. The van der Waals surface area contributed by atoms with Gasteiger partial charge in [0.15, 0.2) is 0 Å². The predicted octanol–water partition coefficient (Wildman–Crippen LogP) is 2.62. The molecule has 2 nitrogen and oxygen atoms in total. The standard InChI is InChI=1S/C10H19BrO2S/c1-14(12,13)7-6-10(8-11)9-4-2-3-5-9/h9-10H,2-8H2,1H3. The van der Waals surface area contributed by atoms with E-state index in [0.717, 1.165) is 17.7 Å². The van der Waals surface area contributed by atoms with E-state index in [1.807, 2.05) is 0 Å². The van der Waals surface area contributed by atoms with Crippen molar-refractivity contribution in [2.75, 3.05) is 17.3 Å². The maximum atomic E-state index is 11.1. The van der Waals surface area contributed by atoms with E-state index in [1.165, 1.54) is 31.9 Å². The van der Waals surface area contributed by atoms with E-state index in [9.17, 15) is 8.42 Å². The summed E-state index contributed by atoms with van der Waals surface area (Å²) in [4.78, 5) is 0. The third kappa shape index (κ3) is 4.30. The summed E-state index contributed by atoms with van der Waals surface area (Å²) in [7, 11) is -2.78. The van der Waals surface area contributed by atoms with Crippen LogP contribution in [-0.4, -0.2) is 25.8 Å². The van der Waals surface area contributed by atoms with Crippen LogP contribution in [0.1, 0.15) is 32.1 Å². The minimum atomic E-state index is -2.78. The highest BCUT2D eigenvalue weighted by Crippen LogP contribution is 2.34. The van der Waals surface area contributed by atoms with Crippen LogP contribution in [0, 0.1) is 11.8 Å². The zero-order valence-electron chi connectivity index (χ0n) is 8.71. The number of hydrogen-bond donors (Lipinski definition) is 0. The molecule has 84 valence electrons. The van der Waals surface area contributed by atoms with Crippen LogP contribution in [0.25, 0.3) is 0 Å². The smallest absolute Gasteiger partial charge is 0.147 e. The van der Waals surface area contributed by atoms with Crippen molar-refractivity contribution in [3.05, 3.63) is 0 Å². The molecule has 14 heavy (non-hydrogen) atoms. The fraction of sp³-hybridized carbons (Fsp3) is 1.00. The highest BCUT2D eigenvalue weighted by Gasteiger charge is 2.24. The number of sulfone groups is 1. The molecule has 0 amide bonds. The topological polar surface area (TPSA) is 34.1 Å². The van der Waals surface area contributed by atoms with Crippen LogP contribution < -0.4 is 0 Å². The second-order valence-electron chi connectivity index (χ2n) is 4.38. The third-order valence-corrected chi connectivity index (χ3v) is 4.93. The van der Waals surface area contributed by atoms with Crippen LogP contribution in [0.3, 0.4) is 0 Å². The minimum absolute atomic E-state index is 0.347. The molecule has 1 atom stereocenters. The molecule has 4 heteroatoms. The summed E-state index contributed by atoms with van der Waals surface area (Å²) in [5.74, 6) is 1.67. The Morgan fingerprint density at radius 1 is 1.36 bits per heavy atom. The first-order valence-corrected chi connectivity index (χ1v) is 8.45. The first-order chi connectivity index (χ1) is 6.53. The van der Waals surface area contributed by atoms with Crippen molar-refractivity contribution in [1.82, 2.24) is 0 Å². The van der Waals surface area contributed by atoms with Crippen molar-refractivity contribution in [2.45, 2.75) is 32.1 Å². The van der Waals surface area contributed by atoms with E-state index in [1.54, 1.807) is 0 Å². The fourth-order valence-electron chi connectivity index (χ4n) is 2.23. The first kappa shape index (κ1) is 12.5. The van der Waals surface area contributed by atoms with Crippen LogP contribution in [0.5, 0.6) is 0 Å². The van der Waals surface area contributed by atoms with Crippen LogP contribution >= 0.6 is 15.9 Å². The van der Waals surface area contributed by atoms with Gasteiger partial charge in [0.1, 0.15) is 9.84 Å². The SMILES string of the molecule is CS(=O)(=O)CCC(CBr)C1CCCC1. The van der Waals surface area contributed by atoms with E-state index in [-0.39, 0.29) is 0 Å². The van der Waals surface area contributed by atoms with Crippen molar-refractivity contribution in [1.29, 1.82) is 0 Å². The molecule has 0 aromatic heterocycles. The van der Waals surface area contributed by atoms with E-state index >= 15 is 0 Å². The Kier molecular flexibility index (Phi) is 4.91. The molecule has 0 N–H and O–H groups in total. The van der Waals surface area contributed by atoms with Gasteiger partial charge in [-0.05, 0) is 18.3 Å². The molecular weight excluding hydrogens is 264 g/mol. The molecule has 1 aliphatic rings. The van der Waals surface area contributed by atoms with Gasteiger partial charge in [-0.1, -0.05) is 41.6 Å². The molecule has 1 aliphatic carbocycles. The lowest BCUT2D eigenvalue weighted by atomic mass is 9.90. The molecule has 0 aromatic rings. The Morgan fingerprint density at radius 2 is 1.93 bits per heavy atom. The van der Waals surface area contributed by atoms with E-state index < -0.39 is 9.84 Å². The molecule has 0 spiro atoms. The average Bonchev–Trinajstić information content (AvgIpc) is 2.56. The Balaban J connectivity index is 2.38. The molecule has 1 saturated carbocycles. The molecule has 1 rings (SSSR count). The molecule has 1 unspecified atom stereocenters. The highest BCUT2D eigenvalue weighted by molar-refractivity contribution is 9.09. The number of alkyl halides is 1. The van der Waals surface area contributed by atoms with Crippen molar-refractivity contribution >= 4 is 25.8 Å². The van der Waals surface area contributed by atoms with E-state index in [4.69, 9.17) is 0 Å². The van der Waals surface area contributed by atoms with Gasteiger partial charge >= 0.3 is 0 Å². The average molecular weight is 283 g/mol. The van der Waals surface area contributed by atoms with Gasteiger partial charge in [0.2, 0.25) is 0 Å². The third-order valence-electron chi connectivity index (χ3n) is 3.12. The summed E-state index contributed by atoms with van der Waals surface area (Å²) >= 11 is 3.50. The normalized spacial score (nSPS) is 21.3. The quantitative estimate of drug-likeness (QED) is 0.727. The van der Waals surface area contributed by atoms with Gasteiger partial charge in [-0.15, -0.1) is 0 Å². The predicted molar refractivity (Wildman–Crippen MR) is 63.6 cm³/mol. The summed E-state index contributed by atoms with van der Waals surface area (Å²) in [6.07, 6.45) is 7.39. The number of hydrogen-bond acceptors (Lipinski definition) is 2. The second-order valence-corrected chi connectivity index (χ2v) is 7.28. The molecule has 0 radical (unpaired) electrons. The molecule has 0 heterocycles. The summed E-state index contributed by atoms with van der Waals surface area (Å²) in [5.41, 5.74) is 0. The fourth-order valence-corrected chi connectivity index (χ4v) is 3.82. The lowest BCUT2D eigenvalue weighted by Crippen LogP contribution is -2.17. The van der Waals surface area contributed by atoms with Gasteiger partial charge in [-0.25, -0.2) is 8.42 Å². The van der Waals surface area contributed by atoms with Gasteiger partial charge in [-0.3, -0.25) is 0 Å². The molecule has 0 bridgehead atoms. The zero-order chi connectivity index (χ0) is 10.6. The van der Waals surface area contributed by atoms with E-state index in [0.29, 0.717) is 11.7 Å². The Morgan fingerprint density at radius 3 is 2.36 bits per heavy atom. The number of rotatable bonds is 5. The Hall–Kier alpha value is 0.430. The van der Waals surface area contributed by atoms with Crippen molar-refractivity contribution in [2.24, 2.45) is 11.8 Å². The van der Waals surface area contributed by atoms with E-state index in [2.05, 4.69) is 15.9 Å². The summed E-state index contributed by atoms with van der Waals surface area (Å²) in [5, 5.41) is 0.952. The van der Waals surface area contributed by atoms with Crippen molar-refractivity contribution in [3.63, 3.8) is 0 Å². The minimum Gasteiger partial charge on any atom is -0.229 e. The van der Waals surface area contributed by atoms with Gasteiger partial charge in [0, 0.05) is 11.6 Å². The van der Waals surface area contributed by atoms with Crippen molar-refractivity contribution in [3.8, 4) is 0 Å². The molecule has 0 aliphatic heterocycles. The zero-order valence-corrected chi connectivity index (χ0v) is 11.1. The molecular formula is C10H19BrO2S. The summed E-state index contributed by atoms with van der Waals surface area (Å²) < 4.78 is 22.1. The lowest BCUT2D eigenvalue weighted by Gasteiger charge is -2.20.